The number of Topliss-reactive ketones (excluding diaryl/α,β-unsaturated/α-hetero) is 1. The molecule has 1 amide bonds. The predicted octanol–water partition coefficient (Wildman–Crippen LogP) is 2.73. The molecule has 1 aromatic heterocycles. The van der Waals surface area contributed by atoms with Crippen LogP contribution in [0.4, 0.5) is 0 Å². The zero-order chi connectivity index (χ0) is 17.8. The molecule has 126 valence electrons. The smallest absolute Gasteiger partial charge is 0.330 e. The van der Waals surface area contributed by atoms with E-state index in [1.807, 2.05) is 0 Å². The summed E-state index contributed by atoms with van der Waals surface area (Å²) in [5.41, 5.74) is 0.871. The van der Waals surface area contributed by atoms with E-state index in [9.17, 15) is 14.4 Å². The molecule has 25 heavy (non-hydrogen) atoms. The molecule has 0 saturated carbocycles. The van der Waals surface area contributed by atoms with Crippen molar-refractivity contribution in [1.82, 2.24) is 10.3 Å². The number of hydrogen-bond acceptors (Lipinski definition) is 4. The molecule has 2 N–H and O–H groups in total. The minimum atomic E-state index is -0.897. The summed E-state index contributed by atoms with van der Waals surface area (Å²) in [7, 11) is 0. The summed E-state index contributed by atoms with van der Waals surface area (Å²) in [6, 6.07) is 13.4. The fourth-order valence-corrected chi connectivity index (χ4v) is 2.46. The van der Waals surface area contributed by atoms with Crippen molar-refractivity contribution < 1.29 is 19.1 Å². The number of nitrogens with one attached hydrogen (secondary N) is 2. The molecule has 0 aliphatic heterocycles. The Morgan fingerprint density at radius 3 is 2.60 bits per heavy atom. The van der Waals surface area contributed by atoms with Crippen molar-refractivity contribution in [3.8, 4) is 5.75 Å². The highest BCUT2D eigenvalue weighted by Crippen LogP contribution is 2.22. The van der Waals surface area contributed by atoms with Crippen LogP contribution in [0.2, 0.25) is 5.02 Å². The Morgan fingerprint density at radius 1 is 1.08 bits per heavy atom. The van der Waals surface area contributed by atoms with Crippen molar-refractivity contribution in [3.05, 3.63) is 65.3 Å². The van der Waals surface area contributed by atoms with Crippen molar-refractivity contribution in [2.75, 3.05) is 6.54 Å². The number of carbonyl (C=O) groups is 3. The van der Waals surface area contributed by atoms with Crippen LogP contribution in [0, 0.1) is 0 Å². The minimum absolute atomic E-state index is 0.187. The molecular formula is C18H13ClN2O4. The van der Waals surface area contributed by atoms with E-state index in [2.05, 4.69) is 10.3 Å². The summed E-state index contributed by atoms with van der Waals surface area (Å²) in [4.78, 5) is 38.9. The van der Waals surface area contributed by atoms with Gasteiger partial charge in [-0.1, -0.05) is 29.8 Å². The molecule has 0 fully saturated rings. The number of rotatable bonds is 5. The second-order valence-corrected chi connectivity index (χ2v) is 5.63. The van der Waals surface area contributed by atoms with E-state index in [-0.39, 0.29) is 5.56 Å². The van der Waals surface area contributed by atoms with E-state index in [1.54, 1.807) is 48.5 Å². The van der Waals surface area contributed by atoms with Crippen LogP contribution in [-0.2, 0) is 9.59 Å². The Balaban J connectivity index is 1.63. The van der Waals surface area contributed by atoms with Gasteiger partial charge in [0.1, 0.15) is 12.3 Å². The Labute approximate surface area is 147 Å². The van der Waals surface area contributed by atoms with Gasteiger partial charge in [0.15, 0.2) is 0 Å². The van der Waals surface area contributed by atoms with Gasteiger partial charge in [0, 0.05) is 22.1 Å². The van der Waals surface area contributed by atoms with Crippen LogP contribution in [0.25, 0.3) is 10.9 Å². The summed E-state index contributed by atoms with van der Waals surface area (Å²) in [6.07, 6.45) is 1.44. The third-order valence-corrected chi connectivity index (χ3v) is 3.70. The number of para-hydroxylation sites is 1. The number of esters is 1. The number of amides is 1. The van der Waals surface area contributed by atoms with Crippen molar-refractivity contribution in [3.63, 3.8) is 0 Å². The number of halogens is 1. The first-order valence-electron chi connectivity index (χ1n) is 7.39. The lowest BCUT2D eigenvalue weighted by Crippen LogP contribution is -2.36. The number of hydrogen-bond donors (Lipinski definition) is 2. The van der Waals surface area contributed by atoms with Crippen molar-refractivity contribution in [2.45, 2.75) is 0 Å². The van der Waals surface area contributed by atoms with Crippen LogP contribution in [0.15, 0.2) is 54.7 Å². The van der Waals surface area contributed by atoms with Crippen molar-refractivity contribution in [2.24, 2.45) is 0 Å². The number of H-pyrrole nitrogens is 1. The highest BCUT2D eigenvalue weighted by molar-refractivity contribution is 6.45. The molecule has 0 aliphatic rings. The molecule has 1 heterocycles. The van der Waals surface area contributed by atoms with Gasteiger partial charge in [-0.15, -0.1) is 0 Å². The van der Waals surface area contributed by atoms with E-state index in [4.69, 9.17) is 16.3 Å². The lowest BCUT2D eigenvalue weighted by molar-refractivity contribution is -0.134. The predicted molar refractivity (Wildman–Crippen MR) is 92.7 cm³/mol. The van der Waals surface area contributed by atoms with Gasteiger partial charge >= 0.3 is 5.97 Å². The van der Waals surface area contributed by atoms with Gasteiger partial charge in [0.05, 0.1) is 5.56 Å². The monoisotopic (exact) mass is 356 g/mol. The summed E-state index contributed by atoms with van der Waals surface area (Å²) < 4.78 is 5.03. The van der Waals surface area contributed by atoms with E-state index < -0.39 is 24.2 Å². The van der Waals surface area contributed by atoms with Crippen LogP contribution in [0.3, 0.4) is 0 Å². The van der Waals surface area contributed by atoms with E-state index >= 15 is 0 Å². The molecule has 0 saturated heterocycles. The SMILES string of the molecule is O=C(CNC(=O)C(=O)c1c[nH]c2ccc(Cl)cc12)Oc1ccccc1. The fourth-order valence-electron chi connectivity index (χ4n) is 2.29. The average Bonchev–Trinajstić information content (AvgIpc) is 3.02. The number of aromatic amines is 1. The molecule has 3 aromatic rings. The first-order chi connectivity index (χ1) is 12.0. The van der Waals surface area contributed by atoms with E-state index in [0.29, 0.717) is 21.7 Å². The van der Waals surface area contributed by atoms with Crippen LogP contribution in [0.1, 0.15) is 10.4 Å². The zero-order valence-corrected chi connectivity index (χ0v) is 13.7. The van der Waals surface area contributed by atoms with Gasteiger partial charge in [-0.3, -0.25) is 9.59 Å². The lowest BCUT2D eigenvalue weighted by Gasteiger charge is -2.05. The molecular weight excluding hydrogens is 344 g/mol. The second-order valence-electron chi connectivity index (χ2n) is 5.19. The Kier molecular flexibility index (Phi) is 4.81. The van der Waals surface area contributed by atoms with Gasteiger partial charge < -0.3 is 15.0 Å². The molecule has 2 aromatic carbocycles. The van der Waals surface area contributed by atoms with E-state index in [1.165, 1.54) is 6.20 Å². The van der Waals surface area contributed by atoms with Gasteiger partial charge in [-0.25, -0.2) is 4.79 Å². The standard InChI is InChI=1S/C18H13ClN2O4/c19-11-6-7-15-13(8-11)14(9-20-15)17(23)18(24)21-10-16(22)25-12-4-2-1-3-5-12/h1-9,20H,10H2,(H,21,24). The number of benzene rings is 2. The van der Waals surface area contributed by atoms with Gasteiger partial charge in [0.25, 0.3) is 11.7 Å². The summed E-state index contributed by atoms with van der Waals surface area (Å²) in [5, 5.41) is 3.25. The first-order valence-corrected chi connectivity index (χ1v) is 7.77. The quantitative estimate of drug-likeness (QED) is 0.318. The molecule has 0 unspecified atom stereocenters. The van der Waals surface area contributed by atoms with Crippen LogP contribution in [-0.4, -0.2) is 29.2 Å². The normalized spacial score (nSPS) is 10.4. The van der Waals surface area contributed by atoms with Crippen LogP contribution < -0.4 is 10.1 Å². The lowest BCUT2D eigenvalue weighted by atomic mass is 10.1. The molecule has 0 spiro atoms. The minimum Gasteiger partial charge on any atom is -0.425 e. The number of ether oxygens (including phenoxy) is 1. The third kappa shape index (κ3) is 3.87. The Morgan fingerprint density at radius 2 is 1.84 bits per heavy atom. The second kappa shape index (κ2) is 7.19. The highest BCUT2D eigenvalue weighted by atomic mass is 35.5. The fraction of sp³-hybridized carbons (Fsp3) is 0.0556. The number of ketones is 1. The summed E-state index contributed by atoms with van der Waals surface area (Å²) in [5.74, 6) is -1.97. The summed E-state index contributed by atoms with van der Waals surface area (Å²) in [6.45, 7) is -0.414. The first kappa shape index (κ1) is 16.7. The third-order valence-electron chi connectivity index (χ3n) is 3.46. The van der Waals surface area contributed by atoms with Gasteiger partial charge in [0.2, 0.25) is 0 Å². The van der Waals surface area contributed by atoms with E-state index in [0.717, 1.165) is 0 Å². The maximum absolute atomic E-state index is 12.3. The average molecular weight is 357 g/mol. The maximum atomic E-state index is 12.3. The van der Waals surface area contributed by atoms with Crippen LogP contribution in [0.5, 0.6) is 5.75 Å². The zero-order valence-electron chi connectivity index (χ0n) is 12.9. The molecule has 7 heteroatoms. The van der Waals surface area contributed by atoms with Crippen LogP contribution >= 0.6 is 11.6 Å². The highest BCUT2D eigenvalue weighted by Gasteiger charge is 2.21. The number of aromatic nitrogens is 1. The van der Waals surface area contributed by atoms with Gasteiger partial charge in [-0.2, -0.15) is 0 Å². The van der Waals surface area contributed by atoms with Crippen molar-refractivity contribution >= 4 is 40.2 Å². The molecule has 0 bridgehead atoms. The van der Waals surface area contributed by atoms with Crippen molar-refractivity contribution in [1.29, 1.82) is 0 Å². The molecule has 3 rings (SSSR count). The summed E-state index contributed by atoms with van der Waals surface area (Å²) >= 11 is 5.92. The van der Waals surface area contributed by atoms with Gasteiger partial charge in [-0.05, 0) is 30.3 Å². The largest absolute Gasteiger partial charge is 0.425 e. The number of fused-ring (bicyclic) bond motifs is 1. The Hall–Kier alpha value is -3.12. The molecule has 6 nitrogen and oxygen atoms in total. The molecule has 0 aliphatic carbocycles. The molecule has 0 radical (unpaired) electrons. The molecule has 0 atom stereocenters. The number of carbonyl (C=O) groups excluding carboxylic acids is 3. The topological polar surface area (TPSA) is 88.3 Å². The Bertz CT molecular complexity index is 950. The maximum Gasteiger partial charge on any atom is 0.330 e.